The minimum atomic E-state index is -0.814. The predicted octanol–water partition coefficient (Wildman–Crippen LogP) is 14.8. The monoisotopic (exact) mass is 826 g/mol. The fourth-order valence-corrected chi connectivity index (χ4v) is 7.28. The van der Waals surface area contributed by atoms with Gasteiger partial charge in [-0.3, -0.25) is 9.59 Å². The van der Waals surface area contributed by atoms with Crippen molar-refractivity contribution < 1.29 is 24.5 Å². The first-order chi connectivity index (χ1) is 29.0. The zero-order valence-corrected chi connectivity index (χ0v) is 38.9. The Hall–Kier alpha value is -2.44. The molecule has 0 rings (SSSR count). The van der Waals surface area contributed by atoms with E-state index in [0.717, 1.165) is 64.2 Å². The van der Waals surface area contributed by atoms with Crippen molar-refractivity contribution in [3.8, 4) is 0 Å². The smallest absolute Gasteiger partial charge is 0.306 e. The van der Waals surface area contributed by atoms with Gasteiger partial charge in [-0.2, -0.15) is 0 Å². The number of nitrogens with one attached hydrogen (secondary N) is 1. The summed E-state index contributed by atoms with van der Waals surface area (Å²) in [6.07, 6.45) is 57.4. The van der Waals surface area contributed by atoms with Gasteiger partial charge in [-0.05, 0) is 63.9 Å². The van der Waals surface area contributed by atoms with Gasteiger partial charge in [-0.1, -0.05) is 223 Å². The number of amides is 1. The Labute approximate surface area is 365 Å². The van der Waals surface area contributed by atoms with Crippen LogP contribution in [0.2, 0.25) is 0 Å². The highest BCUT2D eigenvalue weighted by Crippen LogP contribution is 2.15. The molecule has 59 heavy (non-hydrogen) atoms. The van der Waals surface area contributed by atoms with Crippen LogP contribution in [-0.2, 0) is 14.3 Å². The molecule has 0 aromatic rings. The Morgan fingerprint density at radius 2 is 0.966 bits per heavy atom. The fourth-order valence-electron chi connectivity index (χ4n) is 7.28. The van der Waals surface area contributed by atoms with Gasteiger partial charge < -0.3 is 20.3 Å². The van der Waals surface area contributed by atoms with Gasteiger partial charge in [0, 0.05) is 6.42 Å². The van der Waals surface area contributed by atoms with Crippen LogP contribution in [0.3, 0.4) is 0 Å². The number of aliphatic hydroxyl groups excluding tert-OH is 2. The molecule has 3 atom stereocenters. The van der Waals surface area contributed by atoms with Crippen molar-refractivity contribution in [3.05, 3.63) is 60.8 Å². The standard InChI is InChI=1S/C53H95NO5/c1-4-7-10-13-16-19-22-23-24-25-26-27-28-31-34-37-40-43-46-53(58)59-49(44-41-38-35-32-29-20-17-14-11-8-5-2)47-52(57)54-50(48-55)51(56)45-42-39-36-33-30-21-18-15-12-9-6-3/h22-27,32,35,41,44,49-51,55-56H,4-21,28-31,33-34,36-40,42-43,45-48H2,1-3H3,(H,54,57)/b23-22+,25-24+,27-26+,35-32-,44-41+. The van der Waals surface area contributed by atoms with E-state index in [2.05, 4.69) is 74.7 Å². The van der Waals surface area contributed by atoms with Crippen molar-refractivity contribution in [2.45, 2.75) is 257 Å². The van der Waals surface area contributed by atoms with Gasteiger partial charge in [-0.25, -0.2) is 0 Å². The van der Waals surface area contributed by atoms with Gasteiger partial charge >= 0.3 is 5.97 Å². The van der Waals surface area contributed by atoms with Crippen LogP contribution < -0.4 is 5.32 Å². The lowest BCUT2D eigenvalue weighted by Crippen LogP contribution is -2.46. The summed E-state index contributed by atoms with van der Waals surface area (Å²) in [6, 6.07) is -0.736. The van der Waals surface area contributed by atoms with E-state index in [1.807, 2.05) is 12.2 Å². The molecule has 3 N–H and O–H groups in total. The van der Waals surface area contributed by atoms with Crippen LogP contribution in [0, 0.1) is 0 Å². The van der Waals surface area contributed by atoms with E-state index in [9.17, 15) is 19.8 Å². The Kier molecular flexibility index (Phi) is 44.7. The molecule has 0 aliphatic heterocycles. The predicted molar refractivity (Wildman–Crippen MR) is 255 cm³/mol. The van der Waals surface area contributed by atoms with Crippen LogP contribution in [0.25, 0.3) is 0 Å². The first kappa shape index (κ1) is 56.6. The number of hydrogen-bond donors (Lipinski definition) is 3. The fraction of sp³-hybridized carbons (Fsp3) is 0.774. The quantitative estimate of drug-likeness (QED) is 0.0246. The summed E-state index contributed by atoms with van der Waals surface area (Å²) >= 11 is 0. The van der Waals surface area contributed by atoms with Gasteiger partial charge in [0.1, 0.15) is 6.10 Å². The molecular weight excluding hydrogens is 731 g/mol. The van der Waals surface area contributed by atoms with E-state index in [1.54, 1.807) is 0 Å². The summed E-state index contributed by atoms with van der Waals surface area (Å²) < 4.78 is 5.81. The maximum Gasteiger partial charge on any atom is 0.306 e. The number of hydrogen-bond acceptors (Lipinski definition) is 5. The SMILES string of the molecule is CCCCCCC/C=C/C=C/C=C/CCCCCCCC(=O)OC(/C=C/C/C=C\CCCCCCCC)CC(=O)NC(CO)C(O)CCCCCCCCCCCCC. The number of ether oxygens (including phenoxy) is 1. The second-order valence-corrected chi connectivity index (χ2v) is 16.9. The van der Waals surface area contributed by atoms with Crippen molar-refractivity contribution in [2.24, 2.45) is 0 Å². The lowest BCUT2D eigenvalue weighted by Gasteiger charge is -2.23. The average molecular weight is 826 g/mol. The molecule has 0 spiro atoms. The van der Waals surface area contributed by atoms with Crippen molar-refractivity contribution >= 4 is 11.9 Å². The number of aliphatic hydroxyl groups is 2. The van der Waals surface area contributed by atoms with E-state index >= 15 is 0 Å². The molecule has 0 bridgehead atoms. The minimum absolute atomic E-state index is 0.0382. The van der Waals surface area contributed by atoms with Crippen LogP contribution in [0.15, 0.2) is 60.8 Å². The molecule has 0 saturated carbocycles. The molecule has 342 valence electrons. The zero-order chi connectivity index (χ0) is 43.1. The first-order valence-corrected chi connectivity index (χ1v) is 25.1. The van der Waals surface area contributed by atoms with Gasteiger partial charge in [0.25, 0.3) is 0 Å². The molecule has 0 saturated heterocycles. The van der Waals surface area contributed by atoms with Gasteiger partial charge in [-0.15, -0.1) is 0 Å². The van der Waals surface area contributed by atoms with E-state index in [0.29, 0.717) is 19.3 Å². The van der Waals surface area contributed by atoms with Crippen LogP contribution in [0.5, 0.6) is 0 Å². The van der Waals surface area contributed by atoms with Crippen LogP contribution in [-0.4, -0.2) is 46.9 Å². The molecule has 0 aliphatic carbocycles. The Morgan fingerprint density at radius 3 is 1.46 bits per heavy atom. The molecule has 6 heteroatoms. The van der Waals surface area contributed by atoms with Crippen molar-refractivity contribution in [1.29, 1.82) is 0 Å². The lowest BCUT2D eigenvalue weighted by atomic mass is 10.0. The third kappa shape index (κ3) is 42.1. The molecule has 0 aromatic carbocycles. The van der Waals surface area contributed by atoms with Crippen LogP contribution in [0.4, 0.5) is 0 Å². The van der Waals surface area contributed by atoms with E-state index in [-0.39, 0.29) is 24.9 Å². The summed E-state index contributed by atoms with van der Waals surface area (Å²) in [4.78, 5) is 26.0. The van der Waals surface area contributed by atoms with Crippen molar-refractivity contribution in [1.82, 2.24) is 5.32 Å². The highest BCUT2D eigenvalue weighted by molar-refractivity contribution is 5.78. The normalized spacial score (nSPS) is 13.8. The third-order valence-corrected chi connectivity index (χ3v) is 11.1. The second-order valence-electron chi connectivity index (χ2n) is 16.9. The number of carbonyl (C=O) groups excluding carboxylic acids is 2. The Balaban J connectivity index is 4.65. The molecular formula is C53H95NO5. The summed E-state index contributed by atoms with van der Waals surface area (Å²) in [5.41, 5.74) is 0. The van der Waals surface area contributed by atoms with Crippen molar-refractivity contribution in [2.75, 3.05) is 6.61 Å². The molecule has 3 unspecified atom stereocenters. The molecule has 0 heterocycles. The molecule has 0 aromatic heterocycles. The van der Waals surface area contributed by atoms with Gasteiger partial charge in [0.05, 0.1) is 25.2 Å². The number of rotatable bonds is 44. The zero-order valence-electron chi connectivity index (χ0n) is 38.9. The first-order valence-electron chi connectivity index (χ1n) is 25.1. The van der Waals surface area contributed by atoms with Crippen LogP contribution in [0.1, 0.15) is 239 Å². The highest BCUT2D eigenvalue weighted by atomic mass is 16.5. The molecule has 0 aliphatic rings. The van der Waals surface area contributed by atoms with E-state index in [4.69, 9.17) is 4.74 Å². The Bertz CT molecular complexity index is 1060. The average Bonchev–Trinajstić information content (AvgIpc) is 3.23. The van der Waals surface area contributed by atoms with E-state index < -0.39 is 18.2 Å². The van der Waals surface area contributed by atoms with Gasteiger partial charge in [0.2, 0.25) is 5.91 Å². The number of carbonyl (C=O) groups is 2. The minimum Gasteiger partial charge on any atom is -0.458 e. The number of unbranched alkanes of at least 4 members (excludes halogenated alkanes) is 26. The summed E-state index contributed by atoms with van der Waals surface area (Å²) in [5.74, 6) is -0.626. The summed E-state index contributed by atoms with van der Waals surface area (Å²) in [7, 11) is 0. The summed E-state index contributed by atoms with van der Waals surface area (Å²) in [5, 5.41) is 23.6. The largest absolute Gasteiger partial charge is 0.458 e. The maximum absolute atomic E-state index is 13.1. The third-order valence-electron chi connectivity index (χ3n) is 11.1. The lowest BCUT2D eigenvalue weighted by molar-refractivity contribution is -0.148. The molecule has 0 radical (unpaired) electrons. The molecule has 0 fully saturated rings. The van der Waals surface area contributed by atoms with Gasteiger partial charge in [0.15, 0.2) is 0 Å². The number of esters is 1. The molecule has 6 nitrogen and oxygen atoms in total. The Morgan fingerprint density at radius 1 is 0.525 bits per heavy atom. The van der Waals surface area contributed by atoms with E-state index in [1.165, 1.54) is 128 Å². The number of allylic oxidation sites excluding steroid dienone is 9. The highest BCUT2D eigenvalue weighted by Gasteiger charge is 2.23. The van der Waals surface area contributed by atoms with Crippen molar-refractivity contribution in [3.63, 3.8) is 0 Å². The molecule has 1 amide bonds. The van der Waals surface area contributed by atoms with Crippen LogP contribution >= 0.6 is 0 Å². The maximum atomic E-state index is 13.1. The summed E-state index contributed by atoms with van der Waals surface area (Å²) in [6.45, 7) is 6.41. The second kappa shape index (κ2) is 46.6. The topological polar surface area (TPSA) is 95.9 Å².